The van der Waals surface area contributed by atoms with Crippen LogP contribution in [0.5, 0.6) is 0 Å². The van der Waals surface area contributed by atoms with Gasteiger partial charge in [0.2, 0.25) is 0 Å². The number of rotatable bonds is 4. The summed E-state index contributed by atoms with van der Waals surface area (Å²) in [5.74, 6) is 0.920. The summed E-state index contributed by atoms with van der Waals surface area (Å²) >= 11 is 3.46. The maximum atomic E-state index is 6.11. The number of nitrogens with two attached hydrogens (primary N) is 1. The quantitative estimate of drug-likeness (QED) is 0.857. The van der Waals surface area contributed by atoms with Gasteiger partial charge in [-0.15, -0.1) is 0 Å². The first-order chi connectivity index (χ1) is 7.74. The standard InChI is InChI=1S/C13H17BrN2/c14-10-3-6-13(12(15)7-10)16(11-4-5-11)8-9-1-2-9/h3,6-7,9,11H,1-2,4-5,8,15H2. The Balaban J connectivity index is 1.85. The van der Waals surface area contributed by atoms with E-state index in [0.29, 0.717) is 0 Å². The first-order valence-corrected chi connectivity index (χ1v) is 6.85. The molecule has 2 nitrogen and oxygen atoms in total. The maximum Gasteiger partial charge on any atom is 0.0603 e. The maximum absolute atomic E-state index is 6.11. The lowest BCUT2D eigenvalue weighted by molar-refractivity contribution is 0.720. The highest BCUT2D eigenvalue weighted by atomic mass is 79.9. The lowest BCUT2D eigenvalue weighted by Crippen LogP contribution is -2.28. The van der Waals surface area contributed by atoms with E-state index < -0.39 is 0 Å². The highest BCUT2D eigenvalue weighted by Crippen LogP contribution is 2.40. The highest BCUT2D eigenvalue weighted by Gasteiger charge is 2.34. The van der Waals surface area contributed by atoms with Crippen LogP contribution in [-0.2, 0) is 0 Å². The van der Waals surface area contributed by atoms with Gasteiger partial charge in [0, 0.05) is 17.1 Å². The summed E-state index contributed by atoms with van der Waals surface area (Å²) < 4.78 is 1.07. The molecule has 86 valence electrons. The second kappa shape index (κ2) is 3.95. The predicted molar refractivity (Wildman–Crippen MR) is 71.6 cm³/mol. The fourth-order valence-corrected chi connectivity index (χ4v) is 2.57. The van der Waals surface area contributed by atoms with Crippen LogP contribution in [-0.4, -0.2) is 12.6 Å². The first kappa shape index (κ1) is 10.5. The Labute approximate surface area is 105 Å². The summed E-state index contributed by atoms with van der Waals surface area (Å²) in [5.41, 5.74) is 8.25. The van der Waals surface area contributed by atoms with Crippen LogP contribution in [0.25, 0.3) is 0 Å². The van der Waals surface area contributed by atoms with Gasteiger partial charge in [-0.2, -0.15) is 0 Å². The molecule has 1 aromatic rings. The SMILES string of the molecule is Nc1cc(Br)ccc1N(CC1CC1)C1CC1. The monoisotopic (exact) mass is 280 g/mol. The molecule has 0 aromatic heterocycles. The molecule has 0 bridgehead atoms. The summed E-state index contributed by atoms with van der Waals surface area (Å²) in [6.45, 7) is 1.20. The van der Waals surface area contributed by atoms with Crippen molar-refractivity contribution in [1.82, 2.24) is 0 Å². The van der Waals surface area contributed by atoms with Crippen LogP contribution in [0.3, 0.4) is 0 Å². The molecule has 2 saturated carbocycles. The largest absolute Gasteiger partial charge is 0.397 e. The number of benzene rings is 1. The number of hydrogen-bond acceptors (Lipinski definition) is 2. The second-order valence-electron chi connectivity index (χ2n) is 5.03. The zero-order chi connectivity index (χ0) is 11.1. The predicted octanol–water partition coefficient (Wildman–Crippen LogP) is 3.41. The molecule has 0 aliphatic heterocycles. The molecule has 2 aliphatic rings. The van der Waals surface area contributed by atoms with Crippen molar-refractivity contribution in [3.05, 3.63) is 22.7 Å². The number of hydrogen-bond donors (Lipinski definition) is 1. The van der Waals surface area contributed by atoms with Crippen LogP contribution < -0.4 is 10.6 Å². The lowest BCUT2D eigenvalue weighted by atomic mass is 10.2. The Morgan fingerprint density at radius 1 is 1.25 bits per heavy atom. The Kier molecular flexibility index (Phi) is 2.58. The zero-order valence-corrected chi connectivity index (χ0v) is 10.9. The zero-order valence-electron chi connectivity index (χ0n) is 9.32. The van der Waals surface area contributed by atoms with E-state index in [4.69, 9.17) is 5.73 Å². The summed E-state index contributed by atoms with van der Waals surface area (Å²) in [4.78, 5) is 2.53. The van der Waals surface area contributed by atoms with Gasteiger partial charge in [-0.1, -0.05) is 15.9 Å². The second-order valence-corrected chi connectivity index (χ2v) is 5.95. The fourth-order valence-electron chi connectivity index (χ4n) is 2.20. The van der Waals surface area contributed by atoms with Gasteiger partial charge in [-0.3, -0.25) is 0 Å². The number of anilines is 2. The van der Waals surface area contributed by atoms with Gasteiger partial charge in [0.15, 0.2) is 0 Å². The number of nitrogen functional groups attached to an aromatic ring is 1. The van der Waals surface area contributed by atoms with Crippen molar-refractivity contribution in [3.8, 4) is 0 Å². The summed E-state index contributed by atoms with van der Waals surface area (Å²) in [6, 6.07) is 7.01. The van der Waals surface area contributed by atoms with Crippen LogP contribution in [0.15, 0.2) is 22.7 Å². The van der Waals surface area contributed by atoms with Crippen molar-refractivity contribution < 1.29 is 0 Å². The third kappa shape index (κ3) is 2.19. The third-order valence-corrected chi connectivity index (χ3v) is 3.93. The third-order valence-electron chi connectivity index (χ3n) is 3.44. The molecule has 2 N–H and O–H groups in total. The summed E-state index contributed by atoms with van der Waals surface area (Å²) in [6.07, 6.45) is 5.48. The van der Waals surface area contributed by atoms with Crippen molar-refractivity contribution >= 4 is 27.3 Å². The minimum atomic E-state index is 0.754. The van der Waals surface area contributed by atoms with Crippen molar-refractivity contribution in [3.63, 3.8) is 0 Å². The molecule has 1 aromatic carbocycles. The van der Waals surface area contributed by atoms with Crippen molar-refractivity contribution in [2.24, 2.45) is 5.92 Å². The Morgan fingerprint density at radius 3 is 2.56 bits per heavy atom. The number of halogens is 1. The van der Waals surface area contributed by atoms with E-state index >= 15 is 0 Å². The molecule has 0 unspecified atom stereocenters. The normalized spacial score (nSPS) is 19.8. The van der Waals surface area contributed by atoms with E-state index in [2.05, 4.69) is 33.0 Å². The van der Waals surface area contributed by atoms with E-state index in [1.165, 1.54) is 37.9 Å². The van der Waals surface area contributed by atoms with Crippen LogP contribution in [0.4, 0.5) is 11.4 Å². The van der Waals surface area contributed by atoms with Gasteiger partial charge in [-0.25, -0.2) is 0 Å². The molecule has 3 rings (SSSR count). The van der Waals surface area contributed by atoms with Crippen LogP contribution in [0.2, 0.25) is 0 Å². The molecule has 0 atom stereocenters. The topological polar surface area (TPSA) is 29.3 Å². The molecule has 0 heterocycles. The van der Waals surface area contributed by atoms with Crippen molar-refractivity contribution in [2.45, 2.75) is 31.7 Å². The molecule has 0 saturated heterocycles. The van der Waals surface area contributed by atoms with E-state index in [9.17, 15) is 0 Å². The van der Waals surface area contributed by atoms with Gasteiger partial charge in [0.25, 0.3) is 0 Å². The molecule has 0 radical (unpaired) electrons. The van der Waals surface area contributed by atoms with Gasteiger partial charge in [-0.05, 0) is 49.8 Å². The van der Waals surface area contributed by atoms with Gasteiger partial charge < -0.3 is 10.6 Å². The Morgan fingerprint density at radius 2 is 2.00 bits per heavy atom. The molecular formula is C13H17BrN2. The minimum Gasteiger partial charge on any atom is -0.397 e. The van der Waals surface area contributed by atoms with Gasteiger partial charge >= 0.3 is 0 Å². The van der Waals surface area contributed by atoms with Crippen LogP contribution >= 0.6 is 15.9 Å². The molecule has 2 fully saturated rings. The van der Waals surface area contributed by atoms with Crippen LogP contribution in [0.1, 0.15) is 25.7 Å². The van der Waals surface area contributed by atoms with Crippen LogP contribution in [0, 0.1) is 5.92 Å². The van der Waals surface area contributed by atoms with Crippen molar-refractivity contribution in [2.75, 3.05) is 17.2 Å². The lowest BCUT2D eigenvalue weighted by Gasteiger charge is -2.26. The molecule has 2 aliphatic carbocycles. The van der Waals surface area contributed by atoms with Gasteiger partial charge in [0.1, 0.15) is 0 Å². The number of nitrogens with zero attached hydrogens (tertiary/aromatic N) is 1. The molecule has 3 heteroatoms. The average Bonchev–Trinajstić information content (AvgIpc) is 3.11. The molecule has 0 spiro atoms. The van der Waals surface area contributed by atoms with E-state index in [0.717, 1.165) is 22.1 Å². The van der Waals surface area contributed by atoms with E-state index in [-0.39, 0.29) is 0 Å². The van der Waals surface area contributed by atoms with Crippen molar-refractivity contribution in [1.29, 1.82) is 0 Å². The smallest absolute Gasteiger partial charge is 0.0603 e. The Hall–Kier alpha value is -0.700. The molecule has 16 heavy (non-hydrogen) atoms. The van der Waals surface area contributed by atoms with Gasteiger partial charge in [0.05, 0.1) is 11.4 Å². The molecular weight excluding hydrogens is 264 g/mol. The molecule has 0 amide bonds. The summed E-state index contributed by atoms with van der Waals surface area (Å²) in [7, 11) is 0. The average molecular weight is 281 g/mol. The minimum absolute atomic E-state index is 0.754. The highest BCUT2D eigenvalue weighted by molar-refractivity contribution is 9.10. The Bertz CT molecular complexity index is 397. The van der Waals surface area contributed by atoms with E-state index in [1.807, 2.05) is 6.07 Å². The summed E-state index contributed by atoms with van der Waals surface area (Å²) in [5, 5.41) is 0. The van der Waals surface area contributed by atoms with E-state index in [1.54, 1.807) is 0 Å². The first-order valence-electron chi connectivity index (χ1n) is 6.05. The fraction of sp³-hybridized carbons (Fsp3) is 0.538.